The lowest BCUT2D eigenvalue weighted by Gasteiger charge is -2.26. The Balaban J connectivity index is 2.31. The van der Waals surface area contributed by atoms with E-state index in [2.05, 4.69) is 5.29 Å². The van der Waals surface area contributed by atoms with Gasteiger partial charge in [-0.2, -0.15) is 0 Å². The fourth-order valence-corrected chi connectivity index (χ4v) is 1.19. The van der Waals surface area contributed by atoms with E-state index in [0.29, 0.717) is 6.54 Å². The van der Waals surface area contributed by atoms with Gasteiger partial charge in [-0.05, 0) is 12.8 Å². The zero-order valence-corrected chi connectivity index (χ0v) is 6.12. The van der Waals surface area contributed by atoms with Crippen LogP contribution in [0.1, 0.15) is 12.8 Å². The van der Waals surface area contributed by atoms with Crippen molar-refractivity contribution >= 4 is 0 Å². The first kappa shape index (κ1) is 7.47. The molecule has 0 saturated carbocycles. The topological polar surface area (TPSA) is 41.9 Å². The van der Waals surface area contributed by atoms with Crippen LogP contribution in [0.5, 0.6) is 0 Å². The van der Waals surface area contributed by atoms with E-state index in [1.165, 1.54) is 5.01 Å². The Hall–Kier alpha value is -0.640. The second-order valence-corrected chi connectivity index (χ2v) is 2.49. The lowest BCUT2D eigenvalue weighted by atomic mass is 10.1. The van der Waals surface area contributed by atoms with E-state index in [0.717, 1.165) is 19.4 Å². The van der Waals surface area contributed by atoms with Crippen LogP contribution < -0.4 is 0 Å². The molecule has 4 heteroatoms. The summed E-state index contributed by atoms with van der Waals surface area (Å²) in [5.74, 6) is 0. The molecule has 0 aliphatic carbocycles. The number of piperidine rings is 1. The minimum atomic E-state index is 0.200. The van der Waals surface area contributed by atoms with Gasteiger partial charge in [0.15, 0.2) is 0 Å². The largest absolute Gasteiger partial charge is 0.380 e. The molecule has 0 bridgehead atoms. The highest BCUT2D eigenvalue weighted by Crippen LogP contribution is 2.11. The number of nitroso groups, excluding NO2 is 1. The third kappa shape index (κ3) is 1.67. The van der Waals surface area contributed by atoms with Gasteiger partial charge in [-0.1, -0.05) is 0 Å². The maximum Gasteiger partial charge on any atom is 0.0764 e. The summed E-state index contributed by atoms with van der Waals surface area (Å²) < 4.78 is 5.08. The van der Waals surface area contributed by atoms with E-state index < -0.39 is 0 Å². The quantitative estimate of drug-likeness (QED) is 0.538. The van der Waals surface area contributed by atoms with Crippen LogP contribution in [0.25, 0.3) is 0 Å². The minimum Gasteiger partial charge on any atom is -0.380 e. The van der Waals surface area contributed by atoms with Gasteiger partial charge in [-0.3, -0.25) is 5.01 Å². The molecule has 4 nitrogen and oxygen atoms in total. The van der Waals surface area contributed by atoms with Gasteiger partial charge >= 0.3 is 0 Å². The molecule has 10 heavy (non-hydrogen) atoms. The van der Waals surface area contributed by atoms with Crippen LogP contribution >= 0.6 is 0 Å². The molecule has 0 radical (unpaired) electrons. The minimum absolute atomic E-state index is 0.200. The molecule has 0 N–H and O–H groups in total. The first-order valence-electron chi connectivity index (χ1n) is 3.48. The Bertz CT molecular complexity index is 118. The first-order valence-corrected chi connectivity index (χ1v) is 3.48. The van der Waals surface area contributed by atoms with Gasteiger partial charge in [-0.25, -0.2) is 0 Å². The van der Waals surface area contributed by atoms with Gasteiger partial charge in [0.05, 0.1) is 17.9 Å². The number of hydrogen-bond donors (Lipinski definition) is 0. The second kappa shape index (κ2) is 3.51. The fourth-order valence-electron chi connectivity index (χ4n) is 1.19. The summed E-state index contributed by atoms with van der Waals surface area (Å²) in [6.07, 6.45) is 2.25. The van der Waals surface area contributed by atoms with Gasteiger partial charge in [0.1, 0.15) is 0 Å². The van der Waals surface area contributed by atoms with Crippen molar-refractivity contribution in [3.05, 3.63) is 4.91 Å². The molecule has 0 spiro atoms. The molecule has 1 heterocycles. The van der Waals surface area contributed by atoms with Gasteiger partial charge < -0.3 is 4.74 Å². The third-order valence-electron chi connectivity index (χ3n) is 1.81. The zero-order valence-electron chi connectivity index (χ0n) is 6.12. The van der Waals surface area contributed by atoms with Crippen molar-refractivity contribution in [2.75, 3.05) is 20.2 Å². The Labute approximate surface area is 60.1 Å². The zero-order chi connectivity index (χ0) is 7.40. The Morgan fingerprint density at radius 3 is 3.10 bits per heavy atom. The SMILES string of the molecule is COC1CCCN(N=O)C1. The summed E-state index contributed by atoms with van der Waals surface area (Å²) >= 11 is 0. The summed E-state index contributed by atoms with van der Waals surface area (Å²) in [5, 5.41) is 4.36. The van der Waals surface area contributed by atoms with Crippen molar-refractivity contribution in [2.24, 2.45) is 5.29 Å². The molecule has 0 aromatic rings. The molecule has 58 valence electrons. The second-order valence-electron chi connectivity index (χ2n) is 2.49. The van der Waals surface area contributed by atoms with Crippen LogP contribution in [-0.2, 0) is 4.74 Å². The molecule has 0 amide bonds. The molecule has 1 fully saturated rings. The van der Waals surface area contributed by atoms with Crippen molar-refractivity contribution < 1.29 is 4.74 Å². The number of rotatable bonds is 2. The van der Waals surface area contributed by atoms with Crippen molar-refractivity contribution in [1.82, 2.24) is 5.01 Å². The fraction of sp³-hybridized carbons (Fsp3) is 1.00. The average Bonchev–Trinajstić information content (AvgIpc) is 2.05. The molecule has 1 aliphatic rings. The summed E-state index contributed by atoms with van der Waals surface area (Å²) in [5.41, 5.74) is 0. The highest BCUT2D eigenvalue weighted by Gasteiger charge is 2.18. The third-order valence-corrected chi connectivity index (χ3v) is 1.81. The van der Waals surface area contributed by atoms with E-state index in [9.17, 15) is 4.91 Å². The maximum absolute atomic E-state index is 10.0. The molecule has 0 aromatic carbocycles. The summed E-state index contributed by atoms with van der Waals surface area (Å²) in [7, 11) is 1.67. The lowest BCUT2D eigenvalue weighted by Crippen LogP contribution is -2.35. The predicted molar refractivity (Wildman–Crippen MR) is 37.4 cm³/mol. The highest BCUT2D eigenvalue weighted by molar-refractivity contribution is 4.69. The Morgan fingerprint density at radius 1 is 1.70 bits per heavy atom. The predicted octanol–water partition coefficient (Wildman–Crippen LogP) is 0.779. The molecule has 0 aromatic heterocycles. The molecule has 1 rings (SSSR count). The van der Waals surface area contributed by atoms with Gasteiger partial charge in [0.2, 0.25) is 0 Å². The number of nitrogens with zero attached hydrogens (tertiary/aromatic N) is 2. The van der Waals surface area contributed by atoms with Crippen LogP contribution in [-0.4, -0.2) is 31.3 Å². The monoisotopic (exact) mass is 144 g/mol. The Morgan fingerprint density at radius 2 is 2.50 bits per heavy atom. The Kier molecular flexibility index (Phi) is 2.62. The standard InChI is InChI=1S/C6H12N2O2/c1-10-6-3-2-4-8(5-6)7-9/h6H,2-5H2,1H3. The van der Waals surface area contributed by atoms with Crippen molar-refractivity contribution in [3.63, 3.8) is 0 Å². The van der Waals surface area contributed by atoms with Crippen LogP contribution in [0.2, 0.25) is 0 Å². The number of hydrogen-bond acceptors (Lipinski definition) is 3. The first-order chi connectivity index (χ1) is 4.86. The smallest absolute Gasteiger partial charge is 0.0764 e. The van der Waals surface area contributed by atoms with E-state index in [-0.39, 0.29) is 6.10 Å². The molecule has 1 unspecified atom stereocenters. The molecule has 1 atom stereocenters. The van der Waals surface area contributed by atoms with Gasteiger partial charge in [-0.15, -0.1) is 4.91 Å². The molecular weight excluding hydrogens is 132 g/mol. The summed E-state index contributed by atoms with van der Waals surface area (Å²) in [6, 6.07) is 0. The van der Waals surface area contributed by atoms with Crippen LogP contribution in [0.4, 0.5) is 0 Å². The summed E-state index contributed by atoms with van der Waals surface area (Å²) in [6.45, 7) is 1.43. The molecular formula is C6H12N2O2. The van der Waals surface area contributed by atoms with E-state index in [1.54, 1.807) is 7.11 Å². The van der Waals surface area contributed by atoms with Crippen molar-refractivity contribution in [1.29, 1.82) is 0 Å². The highest BCUT2D eigenvalue weighted by atomic mass is 16.5. The van der Waals surface area contributed by atoms with E-state index >= 15 is 0 Å². The van der Waals surface area contributed by atoms with Gasteiger partial charge in [0.25, 0.3) is 0 Å². The molecule has 1 aliphatic heterocycles. The average molecular weight is 144 g/mol. The normalized spacial score (nSPS) is 26.5. The lowest BCUT2D eigenvalue weighted by molar-refractivity contribution is 0.0317. The number of methoxy groups -OCH3 is 1. The van der Waals surface area contributed by atoms with E-state index in [4.69, 9.17) is 4.74 Å². The van der Waals surface area contributed by atoms with Crippen molar-refractivity contribution in [3.8, 4) is 0 Å². The number of ether oxygens (including phenoxy) is 1. The van der Waals surface area contributed by atoms with Crippen molar-refractivity contribution in [2.45, 2.75) is 18.9 Å². The van der Waals surface area contributed by atoms with Crippen LogP contribution in [0, 0.1) is 4.91 Å². The molecule has 1 saturated heterocycles. The van der Waals surface area contributed by atoms with Crippen LogP contribution in [0.15, 0.2) is 5.29 Å². The van der Waals surface area contributed by atoms with E-state index in [1.807, 2.05) is 0 Å². The maximum atomic E-state index is 10.0. The van der Waals surface area contributed by atoms with Crippen LogP contribution in [0.3, 0.4) is 0 Å². The summed E-state index contributed by atoms with van der Waals surface area (Å²) in [4.78, 5) is 10.0. The van der Waals surface area contributed by atoms with Gasteiger partial charge in [0, 0.05) is 13.7 Å².